The molecule has 0 radical (unpaired) electrons. The molecule has 200 valence electrons. The molecule has 2 fully saturated rings. The van der Waals surface area contributed by atoms with Crippen LogP contribution in [0.2, 0.25) is 0 Å². The van der Waals surface area contributed by atoms with Crippen molar-refractivity contribution in [2.45, 2.75) is 65.3 Å². The highest BCUT2D eigenvalue weighted by atomic mass is 16.5. The van der Waals surface area contributed by atoms with Gasteiger partial charge in [-0.3, -0.25) is 0 Å². The van der Waals surface area contributed by atoms with Gasteiger partial charge in [-0.25, -0.2) is 0 Å². The smallest absolute Gasteiger partial charge is 0.141 e. The minimum atomic E-state index is 0.553. The highest BCUT2D eigenvalue weighted by Gasteiger charge is 2.28. The Hall–Kier alpha value is -3.14. The van der Waals surface area contributed by atoms with Crippen LogP contribution in [0, 0.1) is 38.0 Å². The third kappa shape index (κ3) is 5.95. The molecule has 2 aliphatic rings. The first kappa shape index (κ1) is 26.5. The quantitative estimate of drug-likeness (QED) is 0.381. The summed E-state index contributed by atoms with van der Waals surface area (Å²) in [7, 11) is 0. The molecule has 2 saturated heterocycles. The van der Waals surface area contributed by atoms with Gasteiger partial charge in [-0.15, -0.1) is 0 Å². The van der Waals surface area contributed by atoms with Crippen LogP contribution in [0.25, 0.3) is 11.1 Å². The molecule has 3 heterocycles. The summed E-state index contributed by atoms with van der Waals surface area (Å²) < 4.78 is 5.50. The van der Waals surface area contributed by atoms with Gasteiger partial charge in [-0.2, -0.15) is 5.26 Å². The summed E-state index contributed by atoms with van der Waals surface area (Å²) in [6.45, 7) is 11.9. The lowest BCUT2D eigenvalue weighted by Gasteiger charge is -2.41. The number of rotatable bonds is 8. The summed E-state index contributed by atoms with van der Waals surface area (Å²) in [6.07, 6.45) is 6.39. The molecule has 0 amide bonds. The molecule has 0 spiro atoms. The Morgan fingerprint density at radius 1 is 1.03 bits per heavy atom. The van der Waals surface area contributed by atoms with Gasteiger partial charge in [0, 0.05) is 35.9 Å². The molecule has 2 aliphatic heterocycles. The van der Waals surface area contributed by atoms with E-state index in [9.17, 15) is 0 Å². The molecule has 38 heavy (non-hydrogen) atoms. The Labute approximate surface area is 227 Å². The molecule has 0 aliphatic carbocycles. The minimum Gasteiger partial charge on any atom is -0.361 e. The molecule has 0 bridgehead atoms. The number of aromatic nitrogens is 1. The molecule has 2 aromatic carbocycles. The van der Waals surface area contributed by atoms with Crippen LogP contribution in [0.15, 0.2) is 47.0 Å². The first-order valence-corrected chi connectivity index (χ1v) is 14.3. The second-order valence-electron chi connectivity index (χ2n) is 11.1. The Morgan fingerprint density at radius 3 is 2.42 bits per heavy atom. The van der Waals surface area contributed by atoms with Gasteiger partial charge in [0.05, 0.1) is 11.8 Å². The van der Waals surface area contributed by atoms with Crippen molar-refractivity contribution in [3.8, 4) is 17.2 Å². The maximum Gasteiger partial charge on any atom is 0.141 e. The first-order valence-electron chi connectivity index (χ1n) is 14.3. The van der Waals surface area contributed by atoms with Crippen LogP contribution < -0.4 is 10.2 Å². The number of aryl methyl sites for hydroxylation is 4. The Morgan fingerprint density at radius 2 is 1.76 bits per heavy atom. The van der Waals surface area contributed by atoms with Crippen molar-refractivity contribution < 1.29 is 4.52 Å². The summed E-state index contributed by atoms with van der Waals surface area (Å²) in [5.41, 5.74) is 8.11. The largest absolute Gasteiger partial charge is 0.361 e. The molecule has 1 aromatic heterocycles. The molecular formula is C32H41N5O. The van der Waals surface area contributed by atoms with E-state index in [4.69, 9.17) is 9.78 Å². The van der Waals surface area contributed by atoms with Crippen molar-refractivity contribution in [3.63, 3.8) is 0 Å². The predicted molar refractivity (Wildman–Crippen MR) is 154 cm³/mol. The second kappa shape index (κ2) is 12.1. The Bertz CT molecular complexity index is 1220. The van der Waals surface area contributed by atoms with Crippen LogP contribution >= 0.6 is 0 Å². The standard InChI is InChI=1S/C32H41N5O/c1-23-6-9-28(32-24(2)35-38-25(32)3)21-31(23)37(30-10-7-26(8-11-30)5-4-16-33)22-27-14-19-36(20-15-27)29-12-17-34-18-13-29/h6-11,21,27,29,34H,4-5,12-15,17-20,22H2,1-3H3. The summed E-state index contributed by atoms with van der Waals surface area (Å²) >= 11 is 0. The number of hydrogen-bond acceptors (Lipinski definition) is 6. The Kier molecular flexibility index (Phi) is 8.46. The summed E-state index contributed by atoms with van der Waals surface area (Å²) in [5.74, 6) is 1.50. The molecule has 0 atom stereocenters. The van der Waals surface area contributed by atoms with Gasteiger partial charge in [-0.05, 0) is 120 Å². The van der Waals surface area contributed by atoms with E-state index < -0.39 is 0 Å². The van der Waals surface area contributed by atoms with Crippen LogP contribution in [0.3, 0.4) is 0 Å². The second-order valence-corrected chi connectivity index (χ2v) is 11.1. The van der Waals surface area contributed by atoms with E-state index >= 15 is 0 Å². The SMILES string of the molecule is Cc1ccc(-c2c(C)noc2C)cc1N(CC1CCN(C2CCNCC2)CC1)c1ccc(CCC#N)cc1. The van der Waals surface area contributed by atoms with Crippen molar-refractivity contribution >= 4 is 11.4 Å². The summed E-state index contributed by atoms with van der Waals surface area (Å²) in [5, 5.41) is 16.7. The van der Waals surface area contributed by atoms with Gasteiger partial charge in [0.1, 0.15) is 5.76 Å². The van der Waals surface area contributed by atoms with Crippen LogP contribution in [0.5, 0.6) is 0 Å². The lowest BCUT2D eigenvalue weighted by atomic mass is 9.92. The maximum absolute atomic E-state index is 9.00. The summed E-state index contributed by atoms with van der Waals surface area (Å²) in [6, 6.07) is 18.6. The number of likely N-dealkylation sites (tertiary alicyclic amines) is 1. The van der Waals surface area contributed by atoms with E-state index in [-0.39, 0.29) is 0 Å². The van der Waals surface area contributed by atoms with Gasteiger partial charge in [0.25, 0.3) is 0 Å². The van der Waals surface area contributed by atoms with Gasteiger partial charge < -0.3 is 19.6 Å². The van der Waals surface area contributed by atoms with E-state index in [1.165, 1.54) is 61.3 Å². The van der Waals surface area contributed by atoms with Gasteiger partial charge >= 0.3 is 0 Å². The zero-order valence-electron chi connectivity index (χ0n) is 23.2. The van der Waals surface area contributed by atoms with E-state index in [1.807, 2.05) is 13.8 Å². The maximum atomic E-state index is 9.00. The fourth-order valence-electron chi connectivity index (χ4n) is 6.27. The topological polar surface area (TPSA) is 68.3 Å². The number of nitrogens with one attached hydrogen (secondary N) is 1. The van der Waals surface area contributed by atoms with Crippen LogP contribution in [-0.2, 0) is 6.42 Å². The van der Waals surface area contributed by atoms with E-state index in [0.717, 1.165) is 54.7 Å². The number of hydrogen-bond donors (Lipinski definition) is 1. The van der Waals surface area contributed by atoms with Crippen LogP contribution in [0.4, 0.5) is 11.4 Å². The van der Waals surface area contributed by atoms with Gasteiger partial charge in [0.15, 0.2) is 0 Å². The zero-order chi connectivity index (χ0) is 26.5. The monoisotopic (exact) mass is 511 g/mol. The molecule has 5 rings (SSSR count). The lowest BCUT2D eigenvalue weighted by molar-refractivity contribution is 0.113. The molecule has 6 nitrogen and oxygen atoms in total. The Balaban J connectivity index is 1.41. The van der Waals surface area contributed by atoms with Crippen molar-refractivity contribution in [3.05, 3.63) is 65.0 Å². The molecule has 0 unspecified atom stereocenters. The molecule has 0 saturated carbocycles. The number of benzene rings is 2. The molecule has 3 aromatic rings. The molecule has 1 N–H and O–H groups in total. The van der Waals surface area contributed by atoms with E-state index in [0.29, 0.717) is 12.3 Å². The number of nitrogens with zero attached hydrogens (tertiary/aromatic N) is 4. The van der Waals surface area contributed by atoms with Gasteiger partial charge in [-0.1, -0.05) is 29.4 Å². The van der Waals surface area contributed by atoms with E-state index in [2.05, 4.69) is 75.7 Å². The zero-order valence-corrected chi connectivity index (χ0v) is 23.2. The summed E-state index contributed by atoms with van der Waals surface area (Å²) in [4.78, 5) is 5.27. The average Bonchev–Trinajstić information content (AvgIpc) is 3.29. The normalized spacial score (nSPS) is 17.4. The molecular weight excluding hydrogens is 470 g/mol. The van der Waals surface area contributed by atoms with Crippen molar-refractivity contribution in [1.82, 2.24) is 15.4 Å². The minimum absolute atomic E-state index is 0.553. The fraction of sp³-hybridized carbons (Fsp3) is 0.500. The third-order valence-electron chi connectivity index (χ3n) is 8.51. The van der Waals surface area contributed by atoms with Crippen LogP contribution in [-0.4, -0.2) is 48.8 Å². The van der Waals surface area contributed by atoms with Crippen LogP contribution in [0.1, 0.15) is 54.7 Å². The molecule has 6 heteroatoms. The van der Waals surface area contributed by atoms with Crippen molar-refractivity contribution in [2.75, 3.05) is 37.6 Å². The fourth-order valence-corrected chi connectivity index (χ4v) is 6.27. The average molecular weight is 512 g/mol. The van der Waals surface area contributed by atoms with Crippen molar-refractivity contribution in [2.24, 2.45) is 5.92 Å². The van der Waals surface area contributed by atoms with Crippen molar-refractivity contribution in [1.29, 1.82) is 5.26 Å². The van der Waals surface area contributed by atoms with E-state index in [1.54, 1.807) is 0 Å². The third-order valence-corrected chi connectivity index (χ3v) is 8.51. The lowest BCUT2D eigenvalue weighted by Crippen LogP contribution is -2.47. The first-order chi connectivity index (χ1) is 18.5. The highest BCUT2D eigenvalue weighted by Crippen LogP contribution is 2.37. The number of piperidine rings is 2. The highest BCUT2D eigenvalue weighted by molar-refractivity contribution is 5.76. The van der Waals surface area contributed by atoms with Gasteiger partial charge in [0.2, 0.25) is 0 Å². The number of nitriles is 1. The number of anilines is 2. The predicted octanol–water partition coefficient (Wildman–Crippen LogP) is 6.33.